The van der Waals surface area contributed by atoms with Gasteiger partial charge in [-0.1, -0.05) is 6.07 Å². The number of hydrogen-bond donors (Lipinski definition) is 1. The number of aliphatic hydroxyl groups is 1. The molecule has 1 aromatic heterocycles. The van der Waals surface area contributed by atoms with E-state index >= 15 is 0 Å². The van der Waals surface area contributed by atoms with Crippen LogP contribution in [-0.4, -0.2) is 54.2 Å². The molecule has 0 saturated carbocycles. The number of carbonyl (C=O) groups is 2. The quantitative estimate of drug-likeness (QED) is 0.459. The van der Waals surface area contributed by atoms with Crippen LogP contribution in [0.5, 0.6) is 11.5 Å². The molecular formula is C22H21NO6S. The van der Waals surface area contributed by atoms with Crippen molar-refractivity contribution in [3.05, 3.63) is 51.7 Å². The van der Waals surface area contributed by atoms with Gasteiger partial charge in [0.05, 0.1) is 17.7 Å². The molecule has 3 aliphatic heterocycles. The number of benzene rings is 1. The third-order valence-electron chi connectivity index (χ3n) is 5.59. The van der Waals surface area contributed by atoms with Crippen molar-refractivity contribution in [2.24, 2.45) is 0 Å². The van der Waals surface area contributed by atoms with Crippen molar-refractivity contribution in [1.29, 1.82) is 0 Å². The lowest BCUT2D eigenvalue weighted by atomic mass is 9.99. The molecule has 0 spiro atoms. The summed E-state index contributed by atoms with van der Waals surface area (Å²) in [6.45, 7) is 1.86. The number of likely N-dealkylation sites (tertiary alicyclic amines) is 1. The second-order valence-corrected chi connectivity index (χ2v) is 8.44. The predicted octanol–water partition coefficient (Wildman–Crippen LogP) is 3.12. The number of ether oxygens (including phenoxy) is 3. The number of ketones is 1. The number of rotatable bonds is 4. The lowest BCUT2D eigenvalue weighted by Gasteiger charge is -2.26. The maximum Gasteiger partial charge on any atom is 0.295 e. The SMILES string of the molecule is O=C1C(=O)N(C[C@H]2CCCO2)[C@H](c2cccs2)C1=C(O)c1ccc2c(c1)OCCO2. The van der Waals surface area contributed by atoms with Gasteiger partial charge in [0.2, 0.25) is 0 Å². The standard InChI is InChI=1S/C22H21NO6S/c24-20(13-5-6-15-16(11-13)29-9-8-28-15)18-19(17-4-2-10-30-17)23(22(26)21(18)25)12-14-3-1-7-27-14/h2,4-6,10-11,14,19,24H,1,3,7-9,12H2/t14-,19-/m1/s1. The van der Waals surface area contributed by atoms with Crippen molar-refractivity contribution < 1.29 is 28.9 Å². The first-order valence-corrected chi connectivity index (χ1v) is 10.8. The zero-order valence-electron chi connectivity index (χ0n) is 16.2. The Morgan fingerprint density at radius 1 is 1.13 bits per heavy atom. The Hall–Kier alpha value is -2.84. The molecule has 2 saturated heterocycles. The van der Waals surface area contributed by atoms with Gasteiger partial charge >= 0.3 is 0 Å². The zero-order chi connectivity index (χ0) is 20.7. The van der Waals surface area contributed by atoms with Crippen LogP contribution >= 0.6 is 11.3 Å². The summed E-state index contributed by atoms with van der Waals surface area (Å²) >= 11 is 1.45. The highest BCUT2D eigenvalue weighted by atomic mass is 32.1. The van der Waals surface area contributed by atoms with Gasteiger partial charge in [0.25, 0.3) is 11.7 Å². The Labute approximate surface area is 177 Å². The smallest absolute Gasteiger partial charge is 0.295 e. The Balaban J connectivity index is 1.57. The molecule has 0 bridgehead atoms. The minimum atomic E-state index is -0.682. The summed E-state index contributed by atoms with van der Waals surface area (Å²) in [6.07, 6.45) is 1.69. The molecule has 1 N–H and O–H groups in total. The van der Waals surface area contributed by atoms with Gasteiger partial charge in [-0.15, -0.1) is 11.3 Å². The Kier molecular flexibility index (Phi) is 4.96. The van der Waals surface area contributed by atoms with E-state index in [0.717, 1.165) is 17.7 Å². The fourth-order valence-electron chi connectivity index (χ4n) is 4.16. The van der Waals surface area contributed by atoms with Crippen LogP contribution in [0.25, 0.3) is 5.76 Å². The van der Waals surface area contributed by atoms with Crippen LogP contribution in [0.4, 0.5) is 0 Å². The molecule has 2 fully saturated rings. The Morgan fingerprint density at radius 2 is 1.97 bits per heavy atom. The van der Waals surface area contributed by atoms with E-state index in [-0.39, 0.29) is 17.4 Å². The number of nitrogens with zero attached hydrogens (tertiary/aromatic N) is 1. The van der Waals surface area contributed by atoms with Crippen molar-refractivity contribution >= 4 is 28.8 Å². The van der Waals surface area contributed by atoms with Crippen LogP contribution in [0.2, 0.25) is 0 Å². The van der Waals surface area contributed by atoms with E-state index in [2.05, 4.69) is 0 Å². The minimum Gasteiger partial charge on any atom is -0.507 e. The van der Waals surface area contributed by atoms with Gasteiger partial charge in [-0.3, -0.25) is 9.59 Å². The summed E-state index contributed by atoms with van der Waals surface area (Å²) in [5, 5.41) is 13.0. The van der Waals surface area contributed by atoms with Crippen LogP contribution in [0.3, 0.4) is 0 Å². The van der Waals surface area contributed by atoms with Gasteiger partial charge < -0.3 is 24.2 Å². The van der Waals surface area contributed by atoms with E-state index in [1.54, 1.807) is 18.2 Å². The monoisotopic (exact) mass is 427 g/mol. The minimum absolute atomic E-state index is 0.0946. The summed E-state index contributed by atoms with van der Waals surface area (Å²) in [6, 6.07) is 8.12. The molecule has 2 atom stereocenters. The predicted molar refractivity (Wildman–Crippen MR) is 110 cm³/mol. The summed E-state index contributed by atoms with van der Waals surface area (Å²) in [4.78, 5) is 28.3. The molecule has 0 radical (unpaired) electrons. The average Bonchev–Trinajstić information content (AvgIpc) is 3.52. The molecule has 1 aromatic carbocycles. The van der Waals surface area contributed by atoms with Crippen molar-refractivity contribution in [2.45, 2.75) is 25.0 Å². The maximum absolute atomic E-state index is 13.0. The number of fused-ring (bicyclic) bond motifs is 1. The summed E-state index contributed by atoms with van der Waals surface area (Å²) in [5.74, 6) is -0.404. The lowest BCUT2D eigenvalue weighted by Crippen LogP contribution is -2.36. The molecular weight excluding hydrogens is 406 g/mol. The molecule has 8 heteroatoms. The number of amides is 1. The number of carbonyl (C=O) groups excluding carboxylic acids is 2. The molecule has 3 aliphatic rings. The van der Waals surface area contributed by atoms with Crippen LogP contribution in [0, 0.1) is 0 Å². The van der Waals surface area contributed by atoms with Crippen LogP contribution < -0.4 is 9.47 Å². The largest absolute Gasteiger partial charge is 0.507 e. The van der Waals surface area contributed by atoms with E-state index in [1.165, 1.54) is 16.2 Å². The Morgan fingerprint density at radius 3 is 2.70 bits per heavy atom. The van der Waals surface area contributed by atoms with Gasteiger partial charge in [0.1, 0.15) is 19.0 Å². The molecule has 5 rings (SSSR count). The second-order valence-electron chi connectivity index (χ2n) is 7.46. The van der Waals surface area contributed by atoms with Gasteiger partial charge in [-0.2, -0.15) is 0 Å². The second kappa shape index (κ2) is 7.77. The highest BCUT2D eigenvalue weighted by Gasteiger charge is 2.47. The maximum atomic E-state index is 13.0. The van der Waals surface area contributed by atoms with Gasteiger partial charge in [0.15, 0.2) is 11.5 Å². The first kappa shape index (κ1) is 19.1. The third-order valence-corrected chi connectivity index (χ3v) is 6.52. The van der Waals surface area contributed by atoms with Gasteiger partial charge in [-0.25, -0.2) is 0 Å². The lowest BCUT2D eigenvalue weighted by molar-refractivity contribution is -0.140. The fraction of sp³-hybridized carbons (Fsp3) is 0.364. The van der Waals surface area contributed by atoms with Crippen molar-refractivity contribution in [1.82, 2.24) is 4.90 Å². The average molecular weight is 427 g/mol. The summed E-state index contributed by atoms with van der Waals surface area (Å²) in [7, 11) is 0. The van der Waals surface area contributed by atoms with Crippen LogP contribution in [-0.2, 0) is 14.3 Å². The molecule has 156 valence electrons. The number of aliphatic hydroxyl groups excluding tert-OH is 1. The number of hydrogen-bond acceptors (Lipinski definition) is 7. The van der Waals surface area contributed by atoms with Crippen molar-refractivity contribution in [3.8, 4) is 11.5 Å². The molecule has 0 unspecified atom stereocenters. The van der Waals surface area contributed by atoms with E-state index in [9.17, 15) is 14.7 Å². The Bertz CT molecular complexity index is 1010. The highest BCUT2D eigenvalue weighted by Crippen LogP contribution is 2.42. The van der Waals surface area contributed by atoms with Gasteiger partial charge in [0, 0.05) is 23.6 Å². The third kappa shape index (κ3) is 3.26. The molecule has 0 aliphatic carbocycles. The van der Waals surface area contributed by atoms with E-state index in [1.807, 2.05) is 17.5 Å². The van der Waals surface area contributed by atoms with E-state index in [0.29, 0.717) is 43.4 Å². The summed E-state index contributed by atoms with van der Waals surface area (Å²) < 4.78 is 16.8. The molecule has 4 heterocycles. The first-order chi connectivity index (χ1) is 14.6. The molecule has 2 aromatic rings. The topological polar surface area (TPSA) is 85.3 Å². The van der Waals surface area contributed by atoms with Crippen molar-refractivity contribution in [3.63, 3.8) is 0 Å². The van der Waals surface area contributed by atoms with Gasteiger partial charge in [-0.05, 0) is 42.5 Å². The molecule has 7 nitrogen and oxygen atoms in total. The fourth-order valence-corrected chi connectivity index (χ4v) is 5.01. The first-order valence-electron chi connectivity index (χ1n) is 9.97. The van der Waals surface area contributed by atoms with Crippen molar-refractivity contribution in [2.75, 3.05) is 26.4 Å². The summed E-state index contributed by atoms with van der Waals surface area (Å²) in [5.41, 5.74) is 0.507. The van der Waals surface area contributed by atoms with E-state index in [4.69, 9.17) is 14.2 Å². The molecule has 30 heavy (non-hydrogen) atoms. The van der Waals surface area contributed by atoms with Crippen LogP contribution in [0.1, 0.15) is 29.3 Å². The normalized spacial score (nSPS) is 25.1. The molecule has 1 amide bonds. The zero-order valence-corrected chi connectivity index (χ0v) is 17.0. The number of thiophene rings is 1. The highest BCUT2D eigenvalue weighted by molar-refractivity contribution is 7.10. The number of Topliss-reactive ketones (excluding diaryl/α,β-unsaturated/α-hetero) is 1. The van der Waals surface area contributed by atoms with E-state index < -0.39 is 17.7 Å². The van der Waals surface area contributed by atoms with Crippen LogP contribution in [0.15, 0.2) is 41.3 Å².